The van der Waals surface area contributed by atoms with Crippen LogP contribution in [0.3, 0.4) is 0 Å². The van der Waals surface area contributed by atoms with Crippen LogP contribution in [0.15, 0.2) is 67.3 Å². The summed E-state index contributed by atoms with van der Waals surface area (Å²) in [7, 11) is 0. The van der Waals surface area contributed by atoms with E-state index in [1.54, 1.807) is 18.6 Å². The Balaban J connectivity index is 1.37. The van der Waals surface area contributed by atoms with Gasteiger partial charge in [0.2, 0.25) is 5.95 Å². The number of aromatic nitrogens is 5. The minimum atomic E-state index is -0.867. The normalized spacial score (nSPS) is 13.6. The lowest BCUT2D eigenvalue weighted by Gasteiger charge is -2.34. The minimum Gasteiger partial charge on any atom is -0.465 e. The van der Waals surface area contributed by atoms with Gasteiger partial charge < -0.3 is 20.2 Å². The van der Waals surface area contributed by atoms with Crippen molar-refractivity contribution < 1.29 is 9.90 Å². The van der Waals surface area contributed by atoms with Crippen molar-refractivity contribution in [1.29, 1.82) is 0 Å². The third-order valence-corrected chi connectivity index (χ3v) is 5.97. The molecule has 0 radical (unpaired) electrons. The van der Waals surface area contributed by atoms with Crippen LogP contribution in [0.5, 0.6) is 0 Å². The van der Waals surface area contributed by atoms with E-state index >= 15 is 0 Å². The third-order valence-electron chi connectivity index (χ3n) is 5.97. The average molecular weight is 471 g/mol. The molecule has 1 aromatic carbocycles. The fraction of sp³-hybridized carbons (Fsp3) is 0.240. The van der Waals surface area contributed by atoms with E-state index in [-0.39, 0.29) is 0 Å². The number of benzene rings is 1. The van der Waals surface area contributed by atoms with Crippen molar-refractivity contribution in [2.45, 2.75) is 13.5 Å². The van der Waals surface area contributed by atoms with Gasteiger partial charge >= 0.3 is 6.09 Å². The molecule has 0 saturated carbocycles. The second-order valence-electron chi connectivity index (χ2n) is 8.19. The van der Waals surface area contributed by atoms with Gasteiger partial charge in [-0.05, 0) is 43.3 Å². The van der Waals surface area contributed by atoms with Crippen molar-refractivity contribution in [2.75, 3.05) is 36.4 Å². The van der Waals surface area contributed by atoms with Crippen molar-refractivity contribution in [1.82, 2.24) is 29.6 Å². The summed E-state index contributed by atoms with van der Waals surface area (Å²) in [5.41, 5.74) is 5.32. The van der Waals surface area contributed by atoms with E-state index < -0.39 is 6.09 Å². The SMILES string of the molecule is CCn1cc(-c2ccnc(Nc3cccc(N4CCN(C(=O)O)CC4)c3)n2)c(-c2cccnc2)n1. The summed E-state index contributed by atoms with van der Waals surface area (Å²) in [6.45, 7) is 5.08. The molecule has 178 valence electrons. The molecular weight excluding hydrogens is 444 g/mol. The first-order chi connectivity index (χ1) is 17.1. The predicted octanol–water partition coefficient (Wildman–Crippen LogP) is 3.97. The molecular formula is C25H26N8O2. The summed E-state index contributed by atoms with van der Waals surface area (Å²) in [5, 5.41) is 17.2. The highest BCUT2D eigenvalue weighted by atomic mass is 16.4. The number of carbonyl (C=O) groups is 1. The molecule has 1 saturated heterocycles. The molecule has 1 aliphatic heterocycles. The lowest BCUT2D eigenvalue weighted by molar-refractivity contribution is 0.142. The quantitative estimate of drug-likeness (QED) is 0.435. The van der Waals surface area contributed by atoms with E-state index in [1.807, 2.05) is 60.3 Å². The predicted molar refractivity (Wildman–Crippen MR) is 134 cm³/mol. The highest BCUT2D eigenvalue weighted by Crippen LogP contribution is 2.30. The fourth-order valence-electron chi connectivity index (χ4n) is 4.12. The Morgan fingerprint density at radius 2 is 1.94 bits per heavy atom. The van der Waals surface area contributed by atoms with Crippen molar-refractivity contribution in [2.24, 2.45) is 0 Å². The number of nitrogens with one attached hydrogen (secondary N) is 1. The first kappa shape index (κ1) is 22.3. The summed E-state index contributed by atoms with van der Waals surface area (Å²) in [4.78, 5) is 28.2. The van der Waals surface area contributed by atoms with Gasteiger partial charge in [-0.1, -0.05) is 6.07 Å². The maximum Gasteiger partial charge on any atom is 0.407 e. The first-order valence-electron chi connectivity index (χ1n) is 11.5. The zero-order chi connectivity index (χ0) is 24.2. The van der Waals surface area contributed by atoms with Gasteiger partial charge in [-0.15, -0.1) is 0 Å². The van der Waals surface area contributed by atoms with Gasteiger partial charge in [0.15, 0.2) is 0 Å². The molecule has 0 bridgehead atoms. The van der Waals surface area contributed by atoms with Gasteiger partial charge in [0.25, 0.3) is 0 Å². The number of hydrogen-bond acceptors (Lipinski definition) is 7. The summed E-state index contributed by atoms with van der Waals surface area (Å²) in [5.74, 6) is 0.483. The smallest absolute Gasteiger partial charge is 0.407 e. The Labute approximate surface area is 202 Å². The van der Waals surface area contributed by atoms with Crippen molar-refractivity contribution in [3.63, 3.8) is 0 Å². The molecule has 5 rings (SSSR count). The highest BCUT2D eigenvalue weighted by Gasteiger charge is 2.21. The summed E-state index contributed by atoms with van der Waals surface area (Å²) in [6, 6.07) is 13.7. The molecule has 35 heavy (non-hydrogen) atoms. The van der Waals surface area contributed by atoms with Gasteiger partial charge in [-0.3, -0.25) is 9.67 Å². The van der Waals surface area contributed by atoms with Gasteiger partial charge in [0.1, 0.15) is 5.69 Å². The number of piperazine rings is 1. The maximum absolute atomic E-state index is 11.2. The first-order valence-corrected chi connectivity index (χ1v) is 11.5. The number of carboxylic acid groups (broad SMARTS) is 1. The van der Waals surface area contributed by atoms with E-state index in [9.17, 15) is 9.90 Å². The monoisotopic (exact) mass is 470 g/mol. The second-order valence-corrected chi connectivity index (χ2v) is 8.19. The molecule has 2 N–H and O–H groups in total. The number of aryl methyl sites for hydroxylation is 1. The standard InChI is InChI=1S/C25H26N8O2/c1-2-33-17-21(23(30-33)18-5-4-9-26-16-18)22-8-10-27-24(29-22)28-19-6-3-7-20(15-19)31-11-13-32(14-12-31)25(34)35/h3-10,15-17H,2,11-14H2,1H3,(H,34,35)(H,27,28,29). The molecule has 1 amide bonds. The Morgan fingerprint density at radius 3 is 2.69 bits per heavy atom. The topological polar surface area (TPSA) is 112 Å². The third kappa shape index (κ3) is 4.91. The van der Waals surface area contributed by atoms with Crippen LogP contribution < -0.4 is 10.2 Å². The van der Waals surface area contributed by atoms with Gasteiger partial charge in [0, 0.05) is 80.0 Å². The van der Waals surface area contributed by atoms with Gasteiger partial charge in [-0.25, -0.2) is 14.8 Å². The highest BCUT2D eigenvalue weighted by molar-refractivity contribution is 5.78. The largest absolute Gasteiger partial charge is 0.465 e. The number of rotatable bonds is 6. The summed E-state index contributed by atoms with van der Waals surface area (Å²) >= 11 is 0. The lowest BCUT2D eigenvalue weighted by Crippen LogP contribution is -2.48. The van der Waals surface area contributed by atoms with Crippen LogP contribution in [0, 0.1) is 0 Å². The van der Waals surface area contributed by atoms with E-state index in [2.05, 4.69) is 20.2 Å². The maximum atomic E-state index is 11.2. The molecule has 1 fully saturated rings. The second kappa shape index (κ2) is 9.80. The lowest BCUT2D eigenvalue weighted by atomic mass is 10.1. The van der Waals surface area contributed by atoms with Crippen LogP contribution in [0.2, 0.25) is 0 Å². The van der Waals surface area contributed by atoms with Gasteiger partial charge in [0.05, 0.1) is 5.69 Å². The Morgan fingerprint density at radius 1 is 1.09 bits per heavy atom. The zero-order valence-electron chi connectivity index (χ0n) is 19.4. The van der Waals surface area contributed by atoms with Crippen LogP contribution >= 0.6 is 0 Å². The van der Waals surface area contributed by atoms with Crippen molar-refractivity contribution in [3.05, 3.63) is 67.3 Å². The Bertz CT molecular complexity index is 1320. The average Bonchev–Trinajstić information content (AvgIpc) is 3.34. The van der Waals surface area contributed by atoms with E-state index in [0.29, 0.717) is 32.1 Å². The van der Waals surface area contributed by atoms with Crippen molar-refractivity contribution in [3.8, 4) is 22.5 Å². The molecule has 10 nitrogen and oxygen atoms in total. The van der Waals surface area contributed by atoms with E-state index in [4.69, 9.17) is 10.1 Å². The number of anilines is 3. The molecule has 0 unspecified atom stereocenters. The molecule has 1 aliphatic rings. The van der Waals surface area contributed by atoms with Crippen molar-refractivity contribution >= 4 is 23.4 Å². The van der Waals surface area contributed by atoms with Gasteiger partial charge in [-0.2, -0.15) is 5.10 Å². The molecule has 0 aliphatic carbocycles. The minimum absolute atomic E-state index is 0.483. The fourth-order valence-corrected chi connectivity index (χ4v) is 4.12. The van der Waals surface area contributed by atoms with Crippen LogP contribution in [-0.2, 0) is 6.54 Å². The van der Waals surface area contributed by atoms with E-state index in [1.165, 1.54) is 4.90 Å². The van der Waals surface area contributed by atoms with Crippen LogP contribution in [0.4, 0.5) is 22.1 Å². The number of nitrogens with zero attached hydrogens (tertiary/aromatic N) is 7. The molecule has 4 heterocycles. The van der Waals surface area contributed by atoms with Crippen LogP contribution in [0.25, 0.3) is 22.5 Å². The molecule has 0 atom stereocenters. The Kier molecular flexibility index (Phi) is 6.25. The van der Waals surface area contributed by atoms with Crippen LogP contribution in [0.1, 0.15) is 6.92 Å². The van der Waals surface area contributed by atoms with Crippen LogP contribution in [-0.4, -0.2) is 67.0 Å². The van der Waals surface area contributed by atoms with E-state index in [0.717, 1.165) is 40.4 Å². The Hall–Kier alpha value is -4.47. The molecule has 0 spiro atoms. The molecule has 3 aromatic heterocycles. The number of pyridine rings is 1. The number of hydrogen-bond donors (Lipinski definition) is 2. The molecule has 10 heteroatoms. The summed E-state index contributed by atoms with van der Waals surface area (Å²) in [6.07, 6.45) is 6.40. The number of amides is 1. The summed E-state index contributed by atoms with van der Waals surface area (Å²) < 4.78 is 1.89. The molecule has 4 aromatic rings. The zero-order valence-corrected chi connectivity index (χ0v) is 19.4.